The number of ether oxygens (including phenoxy) is 4. The molecule has 2 aliphatic rings. The molecule has 0 aromatic rings. The average Bonchev–Trinajstić information content (AvgIpc) is 2.63. The van der Waals surface area contributed by atoms with Crippen molar-refractivity contribution in [2.45, 2.75) is 68.9 Å². The molecule has 150 valence electrons. The molecule has 0 radical (unpaired) electrons. The Morgan fingerprint density at radius 1 is 0.962 bits per heavy atom. The zero-order valence-corrected chi connectivity index (χ0v) is 18.8. The van der Waals surface area contributed by atoms with Crippen LogP contribution in [-0.2, 0) is 18.9 Å². The minimum absolute atomic E-state index is 0. The smallest absolute Gasteiger partial charge is 0.545 e. The first-order valence-corrected chi connectivity index (χ1v) is 8.28. The van der Waals surface area contributed by atoms with Crippen LogP contribution in [0, 0.1) is 6.61 Å². The summed E-state index contributed by atoms with van der Waals surface area (Å²) < 4.78 is 21.1. The first kappa shape index (κ1) is 27.2. The van der Waals surface area contributed by atoms with Crippen molar-refractivity contribution in [3.8, 4) is 0 Å². The van der Waals surface area contributed by atoms with Crippen molar-refractivity contribution in [2.75, 3.05) is 20.3 Å². The Morgan fingerprint density at radius 2 is 1.54 bits per heavy atom. The fourth-order valence-corrected chi connectivity index (χ4v) is 2.70. The van der Waals surface area contributed by atoms with Gasteiger partial charge >= 0.3 is 51.4 Å². The predicted octanol–water partition coefficient (Wildman–Crippen LogP) is -5.90. The van der Waals surface area contributed by atoms with Crippen molar-refractivity contribution in [3.05, 3.63) is 6.61 Å². The van der Waals surface area contributed by atoms with Crippen molar-refractivity contribution >= 4 is 0 Å². The summed E-state index contributed by atoms with van der Waals surface area (Å²) in [4.78, 5) is 0. The zero-order chi connectivity index (χ0) is 19.1. The van der Waals surface area contributed by atoms with E-state index in [1.54, 1.807) is 0 Å². The summed E-state index contributed by atoms with van der Waals surface area (Å²) in [6, 6.07) is -0.846. The number of rotatable bonds is 5. The SMILES string of the molecule is CC.COC1C(O)C(CO)OC(OC2C(CO)O[CH-]C(N)C2O)C1O.[K+]. The molecule has 2 rings (SSSR count). The zero-order valence-electron chi connectivity index (χ0n) is 15.6. The van der Waals surface area contributed by atoms with Gasteiger partial charge in [-0.2, -0.15) is 6.61 Å². The minimum Gasteiger partial charge on any atom is -0.545 e. The van der Waals surface area contributed by atoms with E-state index in [9.17, 15) is 25.5 Å². The molecule has 0 aliphatic carbocycles. The second-order valence-electron chi connectivity index (χ2n) is 5.57. The molecular formula is C15H30KNO9. The molecule has 0 aromatic carbocycles. The van der Waals surface area contributed by atoms with Gasteiger partial charge in [0, 0.05) is 7.11 Å². The Hall–Kier alpha value is 1.24. The fraction of sp³-hybridized carbons (Fsp3) is 0.933. The van der Waals surface area contributed by atoms with Crippen LogP contribution in [0.3, 0.4) is 0 Å². The number of aliphatic hydroxyl groups excluding tert-OH is 5. The quantitative estimate of drug-likeness (QED) is 0.191. The van der Waals surface area contributed by atoms with E-state index in [1.165, 1.54) is 13.7 Å². The molecule has 0 aromatic heterocycles. The maximum atomic E-state index is 10.2. The van der Waals surface area contributed by atoms with Gasteiger partial charge in [0.25, 0.3) is 0 Å². The number of nitrogens with two attached hydrogens (primary N) is 1. The van der Waals surface area contributed by atoms with Crippen molar-refractivity contribution in [1.82, 2.24) is 0 Å². The van der Waals surface area contributed by atoms with Crippen molar-refractivity contribution in [1.29, 1.82) is 0 Å². The molecular weight excluding hydrogens is 377 g/mol. The summed E-state index contributed by atoms with van der Waals surface area (Å²) in [7, 11) is 1.29. The predicted molar refractivity (Wildman–Crippen MR) is 85.0 cm³/mol. The molecule has 2 saturated heterocycles. The van der Waals surface area contributed by atoms with Crippen LogP contribution in [-0.4, -0.2) is 101 Å². The number of aliphatic hydroxyl groups is 5. The molecule has 2 aliphatic heterocycles. The Morgan fingerprint density at radius 3 is 2.04 bits per heavy atom. The number of hydrogen-bond donors (Lipinski definition) is 6. The number of hydrogen-bond acceptors (Lipinski definition) is 10. The molecule has 9 atom stereocenters. The first-order chi connectivity index (χ1) is 11.9. The fourth-order valence-electron chi connectivity index (χ4n) is 2.70. The van der Waals surface area contributed by atoms with Gasteiger partial charge < -0.3 is 50.2 Å². The van der Waals surface area contributed by atoms with Gasteiger partial charge in [-0.05, 0) is 0 Å². The van der Waals surface area contributed by atoms with E-state index in [4.69, 9.17) is 24.7 Å². The summed E-state index contributed by atoms with van der Waals surface area (Å²) in [5.41, 5.74) is 5.65. The molecule has 9 unspecified atom stereocenters. The summed E-state index contributed by atoms with van der Waals surface area (Å²) >= 11 is 0. The van der Waals surface area contributed by atoms with Crippen LogP contribution in [0.5, 0.6) is 0 Å². The minimum atomic E-state index is -1.38. The monoisotopic (exact) mass is 407 g/mol. The molecule has 0 saturated carbocycles. The van der Waals surface area contributed by atoms with Gasteiger partial charge in [-0.25, -0.2) is 0 Å². The Labute approximate surface area is 196 Å². The van der Waals surface area contributed by atoms with E-state index in [1.807, 2.05) is 13.8 Å². The first-order valence-electron chi connectivity index (χ1n) is 8.28. The van der Waals surface area contributed by atoms with Crippen LogP contribution < -0.4 is 57.1 Å². The van der Waals surface area contributed by atoms with Crippen LogP contribution in [0.15, 0.2) is 0 Å². The maximum absolute atomic E-state index is 10.2. The van der Waals surface area contributed by atoms with E-state index in [-0.39, 0.29) is 51.4 Å². The molecule has 0 amide bonds. The van der Waals surface area contributed by atoms with Gasteiger partial charge in [-0.15, -0.1) is 0 Å². The van der Waals surface area contributed by atoms with Gasteiger partial charge in [0.05, 0.1) is 25.4 Å². The molecule has 2 heterocycles. The van der Waals surface area contributed by atoms with Gasteiger partial charge in [0.1, 0.15) is 30.5 Å². The van der Waals surface area contributed by atoms with Gasteiger partial charge in [0.2, 0.25) is 0 Å². The van der Waals surface area contributed by atoms with E-state index in [0.717, 1.165) is 0 Å². The molecule has 0 spiro atoms. The van der Waals surface area contributed by atoms with Crippen LogP contribution in [0.2, 0.25) is 0 Å². The molecule has 0 bridgehead atoms. The summed E-state index contributed by atoms with van der Waals surface area (Å²) in [5, 5.41) is 48.9. The molecule has 26 heavy (non-hydrogen) atoms. The third-order valence-corrected chi connectivity index (χ3v) is 4.07. The van der Waals surface area contributed by atoms with E-state index >= 15 is 0 Å². The topological polar surface area (TPSA) is 164 Å². The molecule has 7 N–H and O–H groups in total. The summed E-state index contributed by atoms with van der Waals surface area (Å²) in [6.07, 6.45) is -9.22. The largest absolute Gasteiger partial charge is 1.00 e. The van der Waals surface area contributed by atoms with Crippen LogP contribution >= 0.6 is 0 Å². The molecule has 11 heteroatoms. The Kier molecular flexibility index (Phi) is 14.1. The Balaban J connectivity index is 0.00000201. The van der Waals surface area contributed by atoms with Crippen molar-refractivity contribution < 1.29 is 95.9 Å². The van der Waals surface area contributed by atoms with E-state index in [2.05, 4.69) is 0 Å². The van der Waals surface area contributed by atoms with Crippen LogP contribution in [0.4, 0.5) is 0 Å². The summed E-state index contributed by atoms with van der Waals surface area (Å²) in [6.45, 7) is 4.23. The van der Waals surface area contributed by atoms with E-state index < -0.39 is 68.3 Å². The van der Waals surface area contributed by atoms with Crippen molar-refractivity contribution in [3.63, 3.8) is 0 Å². The van der Waals surface area contributed by atoms with Crippen molar-refractivity contribution in [2.24, 2.45) is 5.73 Å². The molecule has 2 fully saturated rings. The third-order valence-electron chi connectivity index (χ3n) is 4.07. The maximum Gasteiger partial charge on any atom is 1.00 e. The standard InChI is InChI=1S/C13H24NO9.C2H6.K/c1-20-12-9(18)6(2-15)22-13(10(12)19)23-11-7(3-16)21-4-5(14)8(11)17;1-2;/h4-13,15-19H,2-3,14H2,1H3;1-2H3;/q-1;;+1. The number of methoxy groups -OCH3 is 1. The Bertz CT molecular complexity index is 379. The van der Waals surface area contributed by atoms with Crippen LogP contribution in [0.25, 0.3) is 0 Å². The van der Waals surface area contributed by atoms with Gasteiger partial charge in [-0.1, -0.05) is 19.9 Å². The van der Waals surface area contributed by atoms with E-state index in [0.29, 0.717) is 0 Å². The van der Waals surface area contributed by atoms with Gasteiger partial charge in [0.15, 0.2) is 6.29 Å². The summed E-state index contributed by atoms with van der Waals surface area (Å²) in [5.74, 6) is 0. The van der Waals surface area contributed by atoms with Crippen LogP contribution in [0.1, 0.15) is 13.8 Å². The van der Waals surface area contributed by atoms with Gasteiger partial charge in [-0.3, -0.25) is 0 Å². The average molecular weight is 408 g/mol. The second kappa shape index (κ2) is 13.5. The third kappa shape index (κ3) is 6.37. The normalized spacial score (nSPS) is 43.0. The molecule has 10 nitrogen and oxygen atoms in total. The second-order valence-corrected chi connectivity index (χ2v) is 5.57.